The van der Waals surface area contributed by atoms with Gasteiger partial charge in [0.1, 0.15) is 11.2 Å². The van der Waals surface area contributed by atoms with E-state index in [0.717, 1.165) is 30.8 Å². The van der Waals surface area contributed by atoms with Gasteiger partial charge in [0.2, 0.25) is 0 Å². The van der Waals surface area contributed by atoms with Crippen LogP contribution in [-0.4, -0.2) is 96.2 Å². The number of hydrogen-bond acceptors (Lipinski definition) is 9. The van der Waals surface area contributed by atoms with Crippen LogP contribution in [-0.2, 0) is 39.9 Å². The Morgan fingerprint density at radius 3 is 1.43 bits per heavy atom. The van der Waals surface area contributed by atoms with Crippen LogP contribution in [0.2, 0.25) is 0 Å². The van der Waals surface area contributed by atoms with Gasteiger partial charge in [-0.2, -0.15) is 0 Å². The summed E-state index contributed by atoms with van der Waals surface area (Å²) in [5, 5.41) is 0. The molecule has 1 aliphatic rings. The Hall–Kier alpha value is -1.76. The molecule has 0 aliphatic carbocycles. The standard InChI is InChI=1S/C27H42IN3O6/c1-26(2,3)35-24(33)19-30-13-11-29(18-22-9-7-21(8-10-22)17-23(32)37-28)12-14-31(16-15-30)20-25(34)36-27(4,5)6/h7-10H,11-20H2,1-6H3. The fourth-order valence-electron chi connectivity index (χ4n) is 3.99. The summed E-state index contributed by atoms with van der Waals surface area (Å²) in [7, 11) is 0. The molecule has 1 heterocycles. The molecule has 0 aromatic heterocycles. The van der Waals surface area contributed by atoms with Crippen molar-refractivity contribution in [2.45, 2.75) is 65.7 Å². The molecule has 0 spiro atoms. The van der Waals surface area contributed by atoms with E-state index < -0.39 is 11.2 Å². The second kappa shape index (κ2) is 14.4. The topological polar surface area (TPSA) is 88.6 Å². The Morgan fingerprint density at radius 2 is 1.05 bits per heavy atom. The molecule has 10 heteroatoms. The molecule has 0 amide bonds. The van der Waals surface area contributed by atoms with Crippen molar-refractivity contribution in [1.29, 1.82) is 0 Å². The number of halogens is 1. The molecule has 208 valence electrons. The number of ether oxygens (including phenoxy) is 2. The Morgan fingerprint density at radius 1 is 0.676 bits per heavy atom. The monoisotopic (exact) mass is 631 g/mol. The summed E-state index contributed by atoms with van der Waals surface area (Å²) >= 11 is 1.60. The lowest BCUT2D eigenvalue weighted by Gasteiger charge is -2.27. The van der Waals surface area contributed by atoms with Crippen molar-refractivity contribution in [2.75, 3.05) is 52.4 Å². The van der Waals surface area contributed by atoms with Gasteiger partial charge in [-0.3, -0.25) is 29.1 Å². The Balaban J connectivity index is 2.09. The van der Waals surface area contributed by atoms with Crippen molar-refractivity contribution in [3.63, 3.8) is 0 Å². The highest BCUT2D eigenvalue weighted by Gasteiger charge is 2.24. The van der Waals surface area contributed by atoms with E-state index in [2.05, 4.69) is 14.7 Å². The maximum absolute atomic E-state index is 12.5. The first-order valence-corrected chi connectivity index (χ1v) is 13.6. The number of benzene rings is 1. The predicted octanol–water partition coefficient (Wildman–Crippen LogP) is 3.23. The highest BCUT2D eigenvalue weighted by molar-refractivity contribution is 14.1. The van der Waals surface area contributed by atoms with Gasteiger partial charge in [0.25, 0.3) is 0 Å². The Labute approximate surface area is 235 Å². The second-order valence-electron chi connectivity index (χ2n) is 11.4. The third kappa shape index (κ3) is 13.6. The molecule has 1 saturated heterocycles. The lowest BCUT2D eigenvalue weighted by Crippen LogP contribution is -2.42. The van der Waals surface area contributed by atoms with E-state index in [0.29, 0.717) is 26.2 Å². The van der Waals surface area contributed by atoms with Gasteiger partial charge in [-0.15, -0.1) is 0 Å². The second-order valence-corrected chi connectivity index (χ2v) is 11.9. The van der Waals surface area contributed by atoms with E-state index in [9.17, 15) is 14.4 Å². The fourth-order valence-corrected chi connectivity index (χ4v) is 4.14. The molecule has 0 unspecified atom stereocenters. The van der Waals surface area contributed by atoms with Crippen molar-refractivity contribution < 1.29 is 26.9 Å². The van der Waals surface area contributed by atoms with Gasteiger partial charge in [-0.05, 0) is 52.7 Å². The molecular formula is C27H42IN3O6. The van der Waals surface area contributed by atoms with Crippen LogP contribution in [0.15, 0.2) is 24.3 Å². The third-order valence-corrected chi connectivity index (χ3v) is 6.10. The van der Waals surface area contributed by atoms with Gasteiger partial charge in [0, 0.05) is 45.8 Å². The first-order valence-electron chi connectivity index (χ1n) is 12.7. The van der Waals surface area contributed by atoms with Crippen LogP contribution in [0.1, 0.15) is 52.7 Å². The zero-order valence-corrected chi connectivity index (χ0v) is 25.2. The highest BCUT2D eigenvalue weighted by atomic mass is 127. The smallest absolute Gasteiger partial charge is 0.320 e. The van der Waals surface area contributed by atoms with Crippen LogP contribution in [0.5, 0.6) is 0 Å². The van der Waals surface area contributed by atoms with E-state index in [4.69, 9.17) is 12.5 Å². The molecule has 0 bridgehead atoms. The Bertz CT molecular complexity index is 853. The van der Waals surface area contributed by atoms with Gasteiger partial charge >= 0.3 is 17.9 Å². The van der Waals surface area contributed by atoms with Crippen LogP contribution < -0.4 is 0 Å². The van der Waals surface area contributed by atoms with Gasteiger partial charge < -0.3 is 12.5 Å². The average Bonchev–Trinajstić information content (AvgIpc) is 2.84. The maximum Gasteiger partial charge on any atom is 0.320 e. The number of esters is 2. The summed E-state index contributed by atoms with van der Waals surface area (Å²) in [5.41, 5.74) is 0.959. The van der Waals surface area contributed by atoms with E-state index in [-0.39, 0.29) is 37.4 Å². The quantitative estimate of drug-likeness (QED) is 0.317. The Kier molecular flexibility index (Phi) is 12.3. The number of hydrogen-bond donors (Lipinski definition) is 0. The summed E-state index contributed by atoms with van der Waals surface area (Å²) in [6, 6.07) is 7.95. The fraction of sp³-hybridized carbons (Fsp3) is 0.667. The molecule has 0 N–H and O–H groups in total. The van der Waals surface area contributed by atoms with Crippen LogP contribution in [0, 0.1) is 0 Å². The summed E-state index contributed by atoms with van der Waals surface area (Å²) in [4.78, 5) is 43.1. The van der Waals surface area contributed by atoms with Gasteiger partial charge in [-0.25, -0.2) is 0 Å². The van der Waals surface area contributed by atoms with Crippen molar-refractivity contribution in [2.24, 2.45) is 0 Å². The molecule has 1 aromatic carbocycles. The summed E-state index contributed by atoms with van der Waals surface area (Å²) in [5.74, 6) is -0.779. The zero-order valence-electron chi connectivity index (χ0n) is 23.0. The number of rotatable bonds is 8. The van der Waals surface area contributed by atoms with E-state index in [1.807, 2.05) is 65.8 Å². The summed E-state index contributed by atoms with van der Waals surface area (Å²) in [6.07, 6.45) is 0.242. The van der Waals surface area contributed by atoms with Crippen molar-refractivity contribution >= 4 is 40.9 Å². The van der Waals surface area contributed by atoms with Crippen molar-refractivity contribution in [3.05, 3.63) is 35.4 Å². The van der Waals surface area contributed by atoms with Crippen LogP contribution in [0.3, 0.4) is 0 Å². The highest BCUT2D eigenvalue weighted by Crippen LogP contribution is 2.13. The number of carbonyl (C=O) groups excluding carboxylic acids is 3. The molecule has 0 saturated carbocycles. The van der Waals surface area contributed by atoms with E-state index >= 15 is 0 Å². The molecular weight excluding hydrogens is 589 g/mol. The molecule has 1 aliphatic heterocycles. The molecule has 9 nitrogen and oxygen atoms in total. The van der Waals surface area contributed by atoms with Crippen molar-refractivity contribution in [1.82, 2.24) is 14.7 Å². The van der Waals surface area contributed by atoms with E-state index in [1.165, 1.54) is 0 Å². The predicted molar refractivity (Wildman–Crippen MR) is 150 cm³/mol. The summed E-state index contributed by atoms with van der Waals surface area (Å²) in [6.45, 7) is 16.6. The van der Waals surface area contributed by atoms with Crippen molar-refractivity contribution in [3.8, 4) is 0 Å². The van der Waals surface area contributed by atoms with Crippen LogP contribution >= 0.6 is 23.0 Å². The van der Waals surface area contributed by atoms with Gasteiger partial charge in [0.15, 0.2) is 23.0 Å². The molecule has 37 heavy (non-hydrogen) atoms. The summed E-state index contributed by atoms with van der Waals surface area (Å²) < 4.78 is 15.8. The maximum atomic E-state index is 12.5. The van der Waals surface area contributed by atoms with Crippen LogP contribution in [0.4, 0.5) is 0 Å². The molecule has 1 aromatic rings. The van der Waals surface area contributed by atoms with E-state index in [1.54, 1.807) is 23.0 Å². The van der Waals surface area contributed by atoms with Gasteiger partial charge in [-0.1, -0.05) is 24.3 Å². The zero-order chi connectivity index (χ0) is 27.6. The normalized spacial score (nSPS) is 16.8. The minimum atomic E-state index is -0.537. The minimum Gasteiger partial charge on any atom is -0.459 e. The number of carbonyl (C=O) groups is 3. The molecule has 2 rings (SSSR count). The SMILES string of the molecule is CC(C)(C)OC(=O)CN1CCN(CC(=O)OC(C)(C)C)CCN(Cc2ccc(CC(=O)OI)cc2)CC1. The third-order valence-electron chi connectivity index (χ3n) is 5.61. The first-order chi connectivity index (χ1) is 17.2. The average molecular weight is 632 g/mol. The number of nitrogens with zero attached hydrogens (tertiary/aromatic N) is 3. The molecule has 0 radical (unpaired) electrons. The minimum absolute atomic E-state index is 0.201. The molecule has 1 fully saturated rings. The largest absolute Gasteiger partial charge is 0.459 e. The lowest BCUT2D eigenvalue weighted by atomic mass is 10.1. The first kappa shape index (κ1) is 31.5. The van der Waals surface area contributed by atoms with Gasteiger partial charge in [0.05, 0.1) is 19.5 Å². The molecule has 0 atom stereocenters. The lowest BCUT2D eigenvalue weighted by molar-refractivity contribution is -0.158. The van der Waals surface area contributed by atoms with Crippen LogP contribution in [0.25, 0.3) is 0 Å².